The zero-order valence-corrected chi connectivity index (χ0v) is 16.7. The van der Waals surface area contributed by atoms with Crippen LogP contribution in [0.3, 0.4) is 0 Å². The Labute approximate surface area is 163 Å². The molecule has 1 aromatic heterocycles. The van der Waals surface area contributed by atoms with E-state index in [9.17, 15) is 13.2 Å². The summed E-state index contributed by atoms with van der Waals surface area (Å²) in [5, 5.41) is 9.79. The number of rotatable bonds is 7. The average Bonchev–Trinajstić information content (AvgIpc) is 3.03. The molecular formula is C20H22N2O5S. The molecule has 3 rings (SSSR count). The summed E-state index contributed by atoms with van der Waals surface area (Å²) in [5.74, 6) is -0.317. The summed E-state index contributed by atoms with van der Waals surface area (Å²) in [6, 6.07) is 10.5. The normalized spacial score (nSPS) is 11.5. The second-order valence-corrected chi connectivity index (χ2v) is 8.21. The maximum atomic E-state index is 13.1. The lowest BCUT2D eigenvalue weighted by molar-refractivity contribution is -0.137. The first-order valence-electron chi connectivity index (χ1n) is 8.70. The van der Waals surface area contributed by atoms with E-state index in [2.05, 4.69) is 4.72 Å². The van der Waals surface area contributed by atoms with E-state index in [0.717, 1.165) is 5.39 Å². The van der Waals surface area contributed by atoms with Crippen LogP contribution in [0.5, 0.6) is 5.75 Å². The number of sulfonamides is 1. The largest absolute Gasteiger partial charge is 0.497 e. The molecule has 0 aliphatic rings. The van der Waals surface area contributed by atoms with Gasteiger partial charge in [0.25, 0.3) is 10.0 Å². The number of aromatic nitrogens is 1. The molecule has 0 radical (unpaired) electrons. The lowest BCUT2D eigenvalue weighted by atomic mass is 10.1. The molecule has 1 heterocycles. The van der Waals surface area contributed by atoms with Gasteiger partial charge in [0.2, 0.25) is 0 Å². The highest BCUT2D eigenvalue weighted by molar-refractivity contribution is 7.92. The minimum atomic E-state index is -3.85. The summed E-state index contributed by atoms with van der Waals surface area (Å²) in [7, 11) is -2.32. The predicted molar refractivity (Wildman–Crippen MR) is 107 cm³/mol. The topological polar surface area (TPSA) is 97.6 Å². The highest BCUT2D eigenvalue weighted by Crippen LogP contribution is 2.30. The molecule has 0 aliphatic heterocycles. The van der Waals surface area contributed by atoms with Crippen LogP contribution in [-0.4, -0.2) is 31.2 Å². The molecule has 2 N–H and O–H groups in total. The van der Waals surface area contributed by atoms with E-state index in [1.807, 2.05) is 12.1 Å². The van der Waals surface area contributed by atoms with Crippen molar-refractivity contribution in [3.05, 3.63) is 53.7 Å². The first-order valence-corrected chi connectivity index (χ1v) is 10.2. The minimum Gasteiger partial charge on any atom is -0.497 e. The molecule has 0 fully saturated rings. The molecule has 0 unspecified atom stereocenters. The number of para-hydroxylation sites is 1. The summed E-state index contributed by atoms with van der Waals surface area (Å²) in [5.41, 5.74) is 2.22. The maximum Gasteiger partial charge on any atom is 0.305 e. The lowest BCUT2D eigenvalue weighted by Crippen LogP contribution is -2.16. The van der Waals surface area contributed by atoms with Crippen molar-refractivity contribution in [2.24, 2.45) is 0 Å². The van der Waals surface area contributed by atoms with Crippen LogP contribution >= 0.6 is 0 Å². The van der Waals surface area contributed by atoms with E-state index in [-0.39, 0.29) is 17.9 Å². The molecule has 7 nitrogen and oxygen atoms in total. The summed E-state index contributed by atoms with van der Waals surface area (Å²) in [6.07, 6.45) is 1.71. The van der Waals surface area contributed by atoms with Gasteiger partial charge in [0.15, 0.2) is 0 Å². The number of ether oxygens (including phenoxy) is 1. The van der Waals surface area contributed by atoms with E-state index < -0.39 is 16.0 Å². The minimum absolute atomic E-state index is 0.0540. The summed E-state index contributed by atoms with van der Waals surface area (Å²) < 4.78 is 35.9. The van der Waals surface area contributed by atoms with Gasteiger partial charge in [-0.2, -0.15) is 0 Å². The van der Waals surface area contributed by atoms with Crippen LogP contribution in [0.1, 0.15) is 17.5 Å². The number of nitrogens with zero attached hydrogens (tertiary/aromatic N) is 1. The zero-order valence-electron chi connectivity index (χ0n) is 15.9. The Morgan fingerprint density at radius 2 is 1.86 bits per heavy atom. The molecule has 2 aromatic carbocycles. The number of hydrogen-bond acceptors (Lipinski definition) is 4. The Morgan fingerprint density at radius 3 is 2.46 bits per heavy atom. The number of fused-ring (bicyclic) bond motifs is 1. The monoisotopic (exact) mass is 402 g/mol. The molecule has 0 atom stereocenters. The van der Waals surface area contributed by atoms with Crippen molar-refractivity contribution in [1.82, 2.24) is 4.57 Å². The van der Waals surface area contributed by atoms with Crippen LogP contribution in [-0.2, 0) is 21.4 Å². The van der Waals surface area contributed by atoms with Gasteiger partial charge in [0, 0.05) is 18.1 Å². The van der Waals surface area contributed by atoms with Crippen LogP contribution in [0.15, 0.2) is 47.5 Å². The average molecular weight is 402 g/mol. The van der Waals surface area contributed by atoms with Crippen molar-refractivity contribution in [2.45, 2.75) is 31.7 Å². The summed E-state index contributed by atoms with van der Waals surface area (Å²) in [4.78, 5) is 11.1. The number of nitrogens with one attached hydrogen (secondary N) is 1. The fraction of sp³-hybridized carbons (Fsp3) is 0.250. The number of carboxylic acid groups (broad SMARTS) is 1. The molecule has 0 saturated heterocycles. The van der Waals surface area contributed by atoms with Crippen molar-refractivity contribution in [3.63, 3.8) is 0 Å². The number of benzene rings is 2. The molecule has 0 amide bonds. The van der Waals surface area contributed by atoms with Crippen molar-refractivity contribution in [2.75, 3.05) is 11.8 Å². The van der Waals surface area contributed by atoms with Gasteiger partial charge in [-0.25, -0.2) is 8.42 Å². The molecule has 8 heteroatoms. The van der Waals surface area contributed by atoms with Crippen LogP contribution in [0, 0.1) is 13.8 Å². The molecule has 0 bridgehead atoms. The fourth-order valence-corrected chi connectivity index (χ4v) is 4.92. The number of anilines is 1. The molecular weight excluding hydrogens is 380 g/mol. The van der Waals surface area contributed by atoms with Gasteiger partial charge in [0.05, 0.1) is 29.6 Å². The Bertz CT molecular complexity index is 1130. The third-order valence-corrected chi connectivity index (χ3v) is 6.21. The van der Waals surface area contributed by atoms with Crippen LogP contribution in [0.4, 0.5) is 5.69 Å². The van der Waals surface area contributed by atoms with Gasteiger partial charge in [-0.3, -0.25) is 9.52 Å². The highest BCUT2D eigenvalue weighted by Gasteiger charge is 2.22. The summed E-state index contributed by atoms with van der Waals surface area (Å²) in [6.45, 7) is 3.69. The second-order valence-electron chi connectivity index (χ2n) is 6.59. The van der Waals surface area contributed by atoms with E-state index in [4.69, 9.17) is 9.84 Å². The third-order valence-electron chi connectivity index (χ3n) is 4.54. The van der Waals surface area contributed by atoms with Crippen molar-refractivity contribution in [1.29, 1.82) is 0 Å². The Kier molecular flexibility index (Phi) is 5.33. The number of aryl methyl sites for hydroxylation is 3. The van der Waals surface area contributed by atoms with Gasteiger partial charge in [0.1, 0.15) is 5.75 Å². The first-order chi connectivity index (χ1) is 13.2. The van der Waals surface area contributed by atoms with Gasteiger partial charge in [-0.05, 0) is 49.2 Å². The Balaban J connectivity index is 2.05. The Morgan fingerprint density at radius 1 is 1.18 bits per heavy atom. The molecule has 28 heavy (non-hydrogen) atoms. The Hall–Kier alpha value is -3.00. The molecule has 0 saturated carbocycles. The number of carboxylic acids is 1. The first kappa shape index (κ1) is 19.8. The SMILES string of the molecule is COc1cc(C)c(S(=O)(=O)Nc2cccc3ccn(CCC(=O)O)c23)c(C)c1. The van der Waals surface area contributed by atoms with Gasteiger partial charge in [-0.15, -0.1) is 0 Å². The molecule has 148 valence electrons. The lowest BCUT2D eigenvalue weighted by Gasteiger charge is -2.16. The van der Waals surface area contributed by atoms with E-state index in [1.54, 1.807) is 48.9 Å². The number of carbonyl (C=O) groups is 1. The predicted octanol–water partition coefficient (Wildman–Crippen LogP) is 3.54. The third kappa shape index (κ3) is 3.82. The smallest absolute Gasteiger partial charge is 0.305 e. The maximum absolute atomic E-state index is 13.1. The van der Waals surface area contributed by atoms with Gasteiger partial charge in [-0.1, -0.05) is 12.1 Å². The molecule has 0 spiro atoms. The van der Waals surface area contributed by atoms with Crippen LogP contribution < -0.4 is 9.46 Å². The zero-order chi connectivity index (χ0) is 20.5. The molecule has 0 aliphatic carbocycles. The van der Waals surface area contributed by atoms with E-state index in [1.165, 1.54) is 7.11 Å². The number of hydrogen-bond donors (Lipinski definition) is 2. The second kappa shape index (κ2) is 7.55. The van der Waals surface area contributed by atoms with Crippen molar-refractivity contribution < 1.29 is 23.1 Å². The fourth-order valence-electron chi connectivity index (χ4n) is 3.39. The molecule has 3 aromatic rings. The van der Waals surface area contributed by atoms with Crippen LogP contribution in [0.2, 0.25) is 0 Å². The number of methoxy groups -OCH3 is 1. The highest BCUT2D eigenvalue weighted by atomic mass is 32.2. The van der Waals surface area contributed by atoms with E-state index in [0.29, 0.717) is 28.1 Å². The van der Waals surface area contributed by atoms with Gasteiger partial charge >= 0.3 is 5.97 Å². The van der Waals surface area contributed by atoms with E-state index >= 15 is 0 Å². The van der Waals surface area contributed by atoms with Crippen LogP contribution in [0.25, 0.3) is 10.9 Å². The van der Waals surface area contributed by atoms with Crippen molar-refractivity contribution in [3.8, 4) is 5.75 Å². The van der Waals surface area contributed by atoms with Gasteiger partial charge < -0.3 is 14.4 Å². The standard InChI is InChI=1S/C20H22N2O5S/c1-13-11-16(27-3)12-14(2)20(13)28(25,26)21-17-6-4-5-15-7-9-22(19(15)17)10-8-18(23)24/h4-7,9,11-12,21H,8,10H2,1-3H3,(H,23,24). The summed E-state index contributed by atoms with van der Waals surface area (Å²) >= 11 is 0. The number of aliphatic carboxylic acids is 1. The quantitative estimate of drug-likeness (QED) is 0.630. The van der Waals surface area contributed by atoms with Crippen molar-refractivity contribution >= 4 is 32.6 Å².